The van der Waals surface area contributed by atoms with E-state index in [2.05, 4.69) is 16.5 Å². The van der Waals surface area contributed by atoms with E-state index in [9.17, 15) is 8.42 Å². The molecule has 0 aromatic heterocycles. The lowest BCUT2D eigenvalue weighted by molar-refractivity contribution is 0.160. The van der Waals surface area contributed by atoms with Gasteiger partial charge < -0.3 is 5.73 Å². The normalized spacial score (nSPS) is 23.6. The summed E-state index contributed by atoms with van der Waals surface area (Å²) < 4.78 is 28.4. The third-order valence-electron chi connectivity index (χ3n) is 3.87. The second kappa shape index (κ2) is 6.38. The van der Waals surface area contributed by atoms with Gasteiger partial charge in [0.1, 0.15) is 5.84 Å². The van der Waals surface area contributed by atoms with Gasteiger partial charge in [0.15, 0.2) is 0 Å². The molecule has 0 bridgehead atoms. The minimum Gasteiger partial charge on any atom is -0.386 e. The zero-order chi connectivity index (χ0) is 14.8. The van der Waals surface area contributed by atoms with Gasteiger partial charge in [-0.1, -0.05) is 13.3 Å². The monoisotopic (exact) mass is 303 g/mol. The Hall–Kier alpha value is -0.700. The Balaban J connectivity index is 1.89. The molecular formula is C12H25N5O2S. The predicted molar refractivity (Wildman–Crippen MR) is 78.8 cm³/mol. The second-order valence-electron chi connectivity index (χ2n) is 5.59. The Morgan fingerprint density at radius 2 is 1.95 bits per heavy atom. The van der Waals surface area contributed by atoms with E-state index in [-0.39, 0.29) is 17.9 Å². The summed E-state index contributed by atoms with van der Waals surface area (Å²) in [7, 11) is -3.33. The van der Waals surface area contributed by atoms with Crippen LogP contribution in [-0.2, 0) is 10.2 Å². The Labute approximate surface area is 121 Å². The van der Waals surface area contributed by atoms with Crippen molar-refractivity contribution < 1.29 is 8.42 Å². The largest absolute Gasteiger partial charge is 0.386 e. The molecule has 2 fully saturated rings. The lowest BCUT2D eigenvalue weighted by Gasteiger charge is -2.38. The molecule has 1 aliphatic carbocycles. The van der Waals surface area contributed by atoms with E-state index in [4.69, 9.17) is 11.1 Å². The highest BCUT2D eigenvalue weighted by molar-refractivity contribution is 7.87. The summed E-state index contributed by atoms with van der Waals surface area (Å²) >= 11 is 0. The van der Waals surface area contributed by atoms with Crippen LogP contribution in [0.3, 0.4) is 0 Å². The highest BCUT2D eigenvalue weighted by atomic mass is 32.2. The Kier molecular flexibility index (Phi) is 5.00. The molecule has 1 aliphatic heterocycles. The molecule has 1 heterocycles. The molecule has 0 spiro atoms. The third-order valence-corrected chi connectivity index (χ3v) is 5.54. The van der Waals surface area contributed by atoms with Crippen LogP contribution < -0.4 is 10.5 Å². The Morgan fingerprint density at radius 1 is 1.35 bits per heavy atom. The number of nitrogens with zero attached hydrogens (tertiary/aromatic N) is 2. The first-order valence-corrected chi connectivity index (χ1v) is 8.73. The molecule has 1 saturated heterocycles. The lowest BCUT2D eigenvalue weighted by Crippen LogP contribution is -2.56. The molecule has 1 atom stereocenters. The van der Waals surface area contributed by atoms with Gasteiger partial charge in [-0.25, -0.2) is 0 Å². The van der Waals surface area contributed by atoms with Crippen LogP contribution in [0, 0.1) is 5.41 Å². The summed E-state index contributed by atoms with van der Waals surface area (Å²) in [6, 6.07) is 0.0873. The molecule has 116 valence electrons. The van der Waals surface area contributed by atoms with E-state index in [1.54, 1.807) is 0 Å². The van der Waals surface area contributed by atoms with Crippen molar-refractivity contribution in [3.8, 4) is 0 Å². The van der Waals surface area contributed by atoms with Crippen molar-refractivity contribution in [1.29, 1.82) is 5.41 Å². The van der Waals surface area contributed by atoms with Crippen molar-refractivity contribution in [2.45, 2.75) is 44.7 Å². The van der Waals surface area contributed by atoms with Gasteiger partial charge in [-0.15, -0.1) is 0 Å². The van der Waals surface area contributed by atoms with E-state index in [0.29, 0.717) is 26.2 Å². The smallest absolute Gasteiger partial charge is 0.279 e. The van der Waals surface area contributed by atoms with Crippen molar-refractivity contribution >= 4 is 16.0 Å². The average Bonchev–Trinajstić information content (AvgIpc) is 3.19. The van der Waals surface area contributed by atoms with Crippen LogP contribution in [0.5, 0.6) is 0 Å². The van der Waals surface area contributed by atoms with Crippen molar-refractivity contribution in [3.05, 3.63) is 0 Å². The molecule has 0 aromatic rings. The quantitative estimate of drug-likeness (QED) is 0.444. The highest BCUT2D eigenvalue weighted by Gasteiger charge is 2.34. The zero-order valence-electron chi connectivity index (χ0n) is 12.0. The van der Waals surface area contributed by atoms with E-state index in [1.807, 2.05) is 0 Å². The van der Waals surface area contributed by atoms with Gasteiger partial charge in [0, 0.05) is 32.2 Å². The standard InChI is InChI=1S/C12H25N5O2S/c1-2-3-11(12(13)14)16-6-8-17(9-7-16)20(18,19)15-10-4-5-10/h10-11,15H,2-9H2,1H3,(H3,13,14). The molecule has 20 heavy (non-hydrogen) atoms. The van der Waals surface area contributed by atoms with E-state index in [1.165, 1.54) is 4.31 Å². The molecule has 1 saturated carbocycles. The van der Waals surface area contributed by atoms with Crippen molar-refractivity contribution in [1.82, 2.24) is 13.9 Å². The fraction of sp³-hybridized carbons (Fsp3) is 0.917. The molecule has 7 nitrogen and oxygen atoms in total. The van der Waals surface area contributed by atoms with Crippen LogP contribution in [0.4, 0.5) is 0 Å². The van der Waals surface area contributed by atoms with Crippen molar-refractivity contribution in [2.24, 2.45) is 5.73 Å². The van der Waals surface area contributed by atoms with Crippen LogP contribution in [0.25, 0.3) is 0 Å². The fourth-order valence-corrected chi connectivity index (χ4v) is 4.00. The first-order valence-electron chi connectivity index (χ1n) is 7.29. The van der Waals surface area contributed by atoms with E-state index >= 15 is 0 Å². The summed E-state index contributed by atoms with van der Waals surface area (Å²) in [6.45, 7) is 4.27. The summed E-state index contributed by atoms with van der Waals surface area (Å²) in [5, 5.41) is 7.66. The molecular weight excluding hydrogens is 278 g/mol. The Bertz CT molecular complexity index is 441. The maximum Gasteiger partial charge on any atom is 0.279 e. The zero-order valence-corrected chi connectivity index (χ0v) is 12.8. The van der Waals surface area contributed by atoms with E-state index in [0.717, 1.165) is 25.7 Å². The SMILES string of the molecule is CCCC(C(=N)N)N1CCN(S(=O)(=O)NC2CC2)CC1. The summed E-state index contributed by atoms with van der Waals surface area (Å²) in [6.07, 6.45) is 3.71. The van der Waals surface area contributed by atoms with E-state index < -0.39 is 10.2 Å². The third kappa shape index (κ3) is 3.91. The maximum absolute atomic E-state index is 12.1. The van der Waals surface area contributed by atoms with Crippen LogP contribution in [0.1, 0.15) is 32.6 Å². The number of hydrogen-bond donors (Lipinski definition) is 3. The summed E-state index contributed by atoms with van der Waals surface area (Å²) in [4.78, 5) is 2.12. The number of hydrogen-bond acceptors (Lipinski definition) is 4. The van der Waals surface area contributed by atoms with Crippen LogP contribution in [0.15, 0.2) is 0 Å². The lowest BCUT2D eigenvalue weighted by atomic mass is 10.1. The number of rotatable bonds is 7. The second-order valence-corrected chi connectivity index (χ2v) is 7.29. The molecule has 2 aliphatic rings. The molecule has 2 rings (SSSR count). The van der Waals surface area contributed by atoms with Crippen molar-refractivity contribution in [2.75, 3.05) is 26.2 Å². The minimum atomic E-state index is -3.33. The average molecular weight is 303 g/mol. The molecule has 0 amide bonds. The first-order chi connectivity index (χ1) is 9.44. The molecule has 1 unspecified atom stereocenters. The molecule has 4 N–H and O–H groups in total. The molecule has 0 radical (unpaired) electrons. The summed E-state index contributed by atoms with van der Waals surface area (Å²) in [5.41, 5.74) is 5.65. The maximum atomic E-state index is 12.1. The number of piperazine rings is 1. The summed E-state index contributed by atoms with van der Waals surface area (Å²) in [5.74, 6) is 0.180. The highest BCUT2D eigenvalue weighted by Crippen LogP contribution is 2.21. The van der Waals surface area contributed by atoms with Gasteiger partial charge >= 0.3 is 0 Å². The predicted octanol–water partition coefficient (Wildman–Crippen LogP) is -0.295. The van der Waals surface area contributed by atoms with Gasteiger partial charge in [-0.05, 0) is 19.3 Å². The Morgan fingerprint density at radius 3 is 2.40 bits per heavy atom. The molecule has 8 heteroatoms. The fourth-order valence-electron chi connectivity index (χ4n) is 2.55. The topological polar surface area (TPSA) is 103 Å². The number of amidine groups is 1. The number of nitrogens with two attached hydrogens (primary N) is 1. The van der Waals surface area contributed by atoms with Gasteiger partial charge in [-0.3, -0.25) is 10.3 Å². The van der Waals surface area contributed by atoms with Gasteiger partial charge in [0.25, 0.3) is 10.2 Å². The van der Waals surface area contributed by atoms with Crippen LogP contribution in [0.2, 0.25) is 0 Å². The van der Waals surface area contributed by atoms with Gasteiger partial charge in [0.05, 0.1) is 6.04 Å². The number of nitrogens with one attached hydrogen (secondary N) is 2. The minimum absolute atomic E-state index is 0.0544. The van der Waals surface area contributed by atoms with Gasteiger partial charge in [-0.2, -0.15) is 17.4 Å². The first kappa shape index (κ1) is 15.7. The van der Waals surface area contributed by atoms with Crippen molar-refractivity contribution in [3.63, 3.8) is 0 Å². The van der Waals surface area contributed by atoms with Crippen LogP contribution >= 0.6 is 0 Å². The molecule has 0 aromatic carbocycles. The van der Waals surface area contributed by atoms with Gasteiger partial charge in [0.2, 0.25) is 0 Å². The van der Waals surface area contributed by atoms with Crippen LogP contribution in [-0.4, -0.2) is 61.7 Å².